The van der Waals surface area contributed by atoms with Crippen LogP contribution in [0.1, 0.15) is 4.88 Å². The largest absolute Gasteiger partial charge is 0.455 e. The zero-order valence-corrected chi connectivity index (χ0v) is 16.4. The molecule has 3 aromatic heterocycles. The maximum Gasteiger partial charge on any atom is 0.145 e. The third-order valence-electron chi connectivity index (χ3n) is 5.30. The molecular formula is C26H17NOS. The normalized spacial score (nSPS) is 12.0. The van der Waals surface area contributed by atoms with E-state index in [1.807, 2.05) is 18.2 Å². The van der Waals surface area contributed by atoms with Crippen LogP contribution >= 0.6 is 11.3 Å². The van der Waals surface area contributed by atoms with E-state index in [-0.39, 0.29) is 0 Å². The molecule has 0 aliphatic carbocycles. The molecule has 0 bridgehead atoms. The molecule has 0 atom stereocenters. The Hall–Kier alpha value is -3.56. The summed E-state index contributed by atoms with van der Waals surface area (Å²) < 4.78 is 8.28. The summed E-state index contributed by atoms with van der Waals surface area (Å²) in [5.41, 5.74) is 3.37. The molecule has 6 rings (SSSR count). The van der Waals surface area contributed by atoms with Gasteiger partial charge in [0.1, 0.15) is 11.3 Å². The molecule has 3 aromatic carbocycles. The first-order valence-corrected chi connectivity index (χ1v) is 10.4. The van der Waals surface area contributed by atoms with Gasteiger partial charge in [0.15, 0.2) is 0 Å². The van der Waals surface area contributed by atoms with E-state index in [2.05, 4.69) is 89.6 Å². The van der Waals surface area contributed by atoms with E-state index in [1.54, 1.807) is 11.3 Å². The second kappa shape index (κ2) is 6.50. The van der Waals surface area contributed by atoms with Crippen molar-refractivity contribution in [3.63, 3.8) is 0 Å². The van der Waals surface area contributed by atoms with Gasteiger partial charge >= 0.3 is 0 Å². The maximum atomic E-state index is 6.01. The van der Waals surface area contributed by atoms with Crippen LogP contribution in [0.4, 0.5) is 0 Å². The Morgan fingerprint density at radius 3 is 2.17 bits per heavy atom. The van der Waals surface area contributed by atoms with Crippen molar-refractivity contribution in [2.24, 2.45) is 0 Å². The summed E-state index contributed by atoms with van der Waals surface area (Å²) in [6, 6.07) is 31.6. The first-order valence-electron chi connectivity index (χ1n) is 9.61. The van der Waals surface area contributed by atoms with Crippen LogP contribution in [0.5, 0.6) is 0 Å². The molecule has 0 saturated heterocycles. The van der Waals surface area contributed by atoms with Gasteiger partial charge in [-0.15, -0.1) is 11.3 Å². The topological polar surface area (TPSA) is 18.1 Å². The predicted molar refractivity (Wildman–Crippen MR) is 124 cm³/mol. The quantitative estimate of drug-likeness (QED) is 0.300. The first kappa shape index (κ1) is 16.4. The van der Waals surface area contributed by atoms with E-state index in [9.17, 15) is 0 Å². The lowest BCUT2D eigenvalue weighted by molar-refractivity contribution is 0.633. The highest BCUT2D eigenvalue weighted by Crippen LogP contribution is 2.34. The van der Waals surface area contributed by atoms with Crippen LogP contribution in [0.3, 0.4) is 0 Å². The summed E-state index contributed by atoms with van der Waals surface area (Å²) in [7, 11) is 0. The number of rotatable bonds is 3. The third-order valence-corrected chi connectivity index (χ3v) is 6.37. The van der Waals surface area contributed by atoms with Gasteiger partial charge in [-0.05, 0) is 42.5 Å². The molecule has 0 aliphatic rings. The lowest BCUT2D eigenvalue weighted by Gasteiger charge is -1.99. The average molecular weight is 391 g/mol. The summed E-state index contributed by atoms with van der Waals surface area (Å²) >= 11 is 1.74. The Labute approximate surface area is 171 Å². The predicted octanol–water partition coefficient (Wildman–Crippen LogP) is 7.90. The molecule has 3 heterocycles. The van der Waals surface area contributed by atoms with Gasteiger partial charge < -0.3 is 8.98 Å². The van der Waals surface area contributed by atoms with Crippen LogP contribution in [0.15, 0.2) is 95.4 Å². The fraction of sp³-hybridized carbons (Fsp3) is 0. The van der Waals surface area contributed by atoms with Gasteiger partial charge in [-0.2, -0.15) is 0 Å². The van der Waals surface area contributed by atoms with Crippen molar-refractivity contribution >= 4 is 56.4 Å². The maximum absolute atomic E-state index is 6.01. The van der Waals surface area contributed by atoms with Gasteiger partial charge in [-0.25, -0.2) is 0 Å². The minimum Gasteiger partial charge on any atom is -0.455 e. The van der Waals surface area contributed by atoms with Gasteiger partial charge in [0, 0.05) is 27.2 Å². The minimum atomic E-state index is 0.924. The van der Waals surface area contributed by atoms with Crippen molar-refractivity contribution in [2.45, 2.75) is 0 Å². The molecule has 6 aromatic rings. The second-order valence-electron chi connectivity index (χ2n) is 7.07. The van der Waals surface area contributed by atoms with E-state index in [0.29, 0.717) is 0 Å². The van der Waals surface area contributed by atoms with E-state index < -0.39 is 0 Å². The van der Waals surface area contributed by atoms with Crippen LogP contribution in [-0.2, 0) is 0 Å². The van der Waals surface area contributed by atoms with Gasteiger partial charge in [-0.3, -0.25) is 0 Å². The van der Waals surface area contributed by atoms with Crippen molar-refractivity contribution in [1.29, 1.82) is 0 Å². The highest BCUT2D eigenvalue weighted by atomic mass is 32.1. The Morgan fingerprint density at radius 2 is 1.41 bits per heavy atom. The molecule has 29 heavy (non-hydrogen) atoms. The number of hydrogen-bond donors (Lipinski definition) is 0. The number of benzene rings is 3. The van der Waals surface area contributed by atoms with Crippen molar-refractivity contribution in [2.75, 3.05) is 0 Å². The number of hydrogen-bond acceptors (Lipinski definition) is 2. The number of para-hydroxylation sites is 3. The fourth-order valence-electron chi connectivity index (χ4n) is 3.94. The monoisotopic (exact) mass is 391 g/mol. The van der Waals surface area contributed by atoms with Gasteiger partial charge in [-0.1, -0.05) is 54.6 Å². The molecular weight excluding hydrogens is 374 g/mol. The second-order valence-corrected chi connectivity index (χ2v) is 8.19. The van der Waals surface area contributed by atoms with Crippen molar-refractivity contribution in [1.82, 2.24) is 4.57 Å². The van der Waals surface area contributed by atoms with Gasteiger partial charge in [0.2, 0.25) is 0 Å². The molecule has 2 nitrogen and oxygen atoms in total. The SMILES string of the molecule is C(=C\n1c2ccccc2c2ccccc21)/c1ccc(-c2cc3ccccc3o2)s1. The Kier molecular flexibility index (Phi) is 3.68. The summed E-state index contributed by atoms with van der Waals surface area (Å²) in [5.74, 6) is 0.924. The summed E-state index contributed by atoms with van der Waals surface area (Å²) in [6.45, 7) is 0. The Balaban J connectivity index is 1.41. The molecule has 0 unspecified atom stereocenters. The summed E-state index contributed by atoms with van der Waals surface area (Å²) in [6.07, 6.45) is 4.34. The summed E-state index contributed by atoms with van der Waals surface area (Å²) in [5, 5.41) is 3.70. The van der Waals surface area contributed by atoms with E-state index in [0.717, 1.165) is 21.6 Å². The lowest BCUT2D eigenvalue weighted by atomic mass is 10.2. The Bertz CT molecular complexity index is 1430. The minimum absolute atomic E-state index is 0.924. The average Bonchev–Trinajstić information content (AvgIpc) is 3.48. The van der Waals surface area contributed by atoms with Crippen LogP contribution in [-0.4, -0.2) is 4.57 Å². The van der Waals surface area contributed by atoms with E-state index in [1.165, 1.54) is 26.7 Å². The highest BCUT2D eigenvalue weighted by molar-refractivity contribution is 7.16. The van der Waals surface area contributed by atoms with Crippen molar-refractivity contribution in [3.05, 3.63) is 95.9 Å². The molecule has 0 fully saturated rings. The first-order chi connectivity index (χ1) is 14.4. The standard InChI is InChI=1S/C26H17NOS/c1-6-12-24-18(7-1)17-25(28-24)26-14-13-19(29-26)15-16-27-22-10-4-2-8-20(22)21-9-3-5-11-23(21)27/h1-17H/b16-15+. The molecule has 0 aliphatic heterocycles. The molecule has 0 radical (unpaired) electrons. The lowest BCUT2D eigenvalue weighted by Crippen LogP contribution is -1.84. The molecule has 0 spiro atoms. The van der Waals surface area contributed by atoms with Crippen LogP contribution in [0.2, 0.25) is 0 Å². The molecule has 138 valence electrons. The van der Waals surface area contributed by atoms with Crippen LogP contribution in [0.25, 0.3) is 55.7 Å². The summed E-state index contributed by atoms with van der Waals surface area (Å²) in [4.78, 5) is 2.34. The molecule has 0 N–H and O–H groups in total. The zero-order chi connectivity index (χ0) is 19.2. The number of aromatic nitrogens is 1. The number of thiophene rings is 1. The number of fused-ring (bicyclic) bond motifs is 4. The Morgan fingerprint density at radius 1 is 0.724 bits per heavy atom. The zero-order valence-electron chi connectivity index (χ0n) is 15.6. The molecule has 3 heteroatoms. The molecule has 0 saturated carbocycles. The number of nitrogens with zero attached hydrogens (tertiary/aromatic N) is 1. The van der Waals surface area contributed by atoms with E-state index in [4.69, 9.17) is 4.42 Å². The highest BCUT2D eigenvalue weighted by Gasteiger charge is 2.09. The van der Waals surface area contributed by atoms with Crippen LogP contribution in [0, 0.1) is 0 Å². The van der Waals surface area contributed by atoms with Gasteiger partial charge in [0.05, 0.1) is 15.9 Å². The third kappa shape index (κ3) is 2.71. The van der Waals surface area contributed by atoms with Crippen molar-refractivity contribution in [3.8, 4) is 10.6 Å². The molecule has 0 amide bonds. The fourth-order valence-corrected chi connectivity index (χ4v) is 4.80. The smallest absolute Gasteiger partial charge is 0.145 e. The van der Waals surface area contributed by atoms with Gasteiger partial charge in [0.25, 0.3) is 0 Å². The number of furan rings is 1. The van der Waals surface area contributed by atoms with Crippen molar-refractivity contribution < 1.29 is 4.42 Å². The van der Waals surface area contributed by atoms with Crippen LogP contribution < -0.4 is 0 Å². The van der Waals surface area contributed by atoms with E-state index >= 15 is 0 Å².